The number of nitrogens with zero attached hydrogens (tertiary/aromatic N) is 1. The van der Waals surface area contributed by atoms with Gasteiger partial charge in [-0.3, -0.25) is 4.79 Å². The topological polar surface area (TPSA) is 51.2 Å². The van der Waals surface area contributed by atoms with Crippen molar-refractivity contribution in [1.29, 1.82) is 0 Å². The van der Waals surface area contributed by atoms with Crippen LogP contribution in [-0.2, 0) is 17.6 Å². The van der Waals surface area contributed by atoms with E-state index in [1.807, 2.05) is 12.1 Å². The Hall–Kier alpha value is -2.07. The fourth-order valence-electron chi connectivity index (χ4n) is 2.67. The maximum Gasteiger partial charge on any atom is 0.269 e. The summed E-state index contributed by atoms with van der Waals surface area (Å²) in [4.78, 5) is 16.5. The first-order valence-electron chi connectivity index (χ1n) is 7.68. The molecule has 1 aliphatic rings. The van der Waals surface area contributed by atoms with Crippen molar-refractivity contribution in [3.05, 3.63) is 52.7 Å². The van der Waals surface area contributed by atoms with Crippen LogP contribution >= 0.6 is 11.6 Å². The lowest BCUT2D eigenvalue weighted by Crippen LogP contribution is -2.42. The van der Waals surface area contributed by atoms with Gasteiger partial charge in [-0.1, -0.05) is 17.7 Å². The minimum absolute atomic E-state index is 0.257. The summed E-state index contributed by atoms with van der Waals surface area (Å²) in [6, 6.07) is 9.40. The monoisotopic (exact) mass is 330 g/mol. The molecule has 1 heterocycles. The molecule has 1 amide bonds. The number of carbonyl (C=O) groups excluding carboxylic acids is 1. The smallest absolute Gasteiger partial charge is 0.269 e. The highest BCUT2D eigenvalue weighted by Gasteiger charge is 2.30. The Bertz CT molecular complexity index is 726. The number of amides is 1. The Balaban J connectivity index is 1.70. The highest BCUT2D eigenvalue weighted by Crippen LogP contribution is 2.28. The van der Waals surface area contributed by atoms with Crippen LogP contribution in [0.4, 0.5) is 5.82 Å². The maximum absolute atomic E-state index is 12.4. The van der Waals surface area contributed by atoms with Crippen LogP contribution in [0, 0.1) is 0 Å². The van der Waals surface area contributed by atoms with Gasteiger partial charge in [0.05, 0.1) is 5.02 Å². The Morgan fingerprint density at radius 1 is 1.22 bits per heavy atom. The van der Waals surface area contributed by atoms with Gasteiger partial charge in [-0.2, -0.15) is 0 Å². The SMILES string of the molecule is CC(C)(Oc1ccc2c(c1)CCC2)C(=O)Nc1ccc(Cl)cn1. The molecule has 23 heavy (non-hydrogen) atoms. The van der Waals surface area contributed by atoms with E-state index in [4.69, 9.17) is 16.3 Å². The first-order chi connectivity index (χ1) is 10.9. The normalized spacial score (nSPS) is 13.5. The summed E-state index contributed by atoms with van der Waals surface area (Å²) in [7, 11) is 0. The molecule has 0 atom stereocenters. The summed E-state index contributed by atoms with van der Waals surface area (Å²) < 4.78 is 5.92. The summed E-state index contributed by atoms with van der Waals surface area (Å²) in [6.07, 6.45) is 4.88. The molecule has 1 aromatic carbocycles. The zero-order valence-electron chi connectivity index (χ0n) is 13.2. The molecule has 120 valence electrons. The molecular weight excluding hydrogens is 312 g/mol. The number of fused-ring (bicyclic) bond motifs is 1. The van der Waals surface area contributed by atoms with Gasteiger partial charge < -0.3 is 10.1 Å². The fourth-order valence-corrected chi connectivity index (χ4v) is 2.78. The molecule has 3 rings (SSSR count). The second kappa shape index (κ2) is 6.20. The van der Waals surface area contributed by atoms with Crippen LogP contribution in [0.1, 0.15) is 31.4 Å². The number of hydrogen-bond donors (Lipinski definition) is 1. The highest BCUT2D eigenvalue weighted by molar-refractivity contribution is 6.30. The van der Waals surface area contributed by atoms with Crippen molar-refractivity contribution in [2.45, 2.75) is 38.7 Å². The molecule has 0 saturated heterocycles. The Kier molecular flexibility index (Phi) is 4.26. The third-order valence-electron chi connectivity index (χ3n) is 3.96. The van der Waals surface area contributed by atoms with Crippen molar-refractivity contribution in [3.63, 3.8) is 0 Å². The van der Waals surface area contributed by atoms with E-state index in [1.54, 1.807) is 26.0 Å². The minimum Gasteiger partial charge on any atom is -0.478 e. The van der Waals surface area contributed by atoms with Crippen LogP contribution in [-0.4, -0.2) is 16.5 Å². The largest absolute Gasteiger partial charge is 0.478 e. The number of aryl methyl sites for hydroxylation is 2. The van der Waals surface area contributed by atoms with Gasteiger partial charge in [-0.15, -0.1) is 0 Å². The number of benzene rings is 1. The van der Waals surface area contributed by atoms with Gasteiger partial charge in [0.25, 0.3) is 5.91 Å². The van der Waals surface area contributed by atoms with E-state index < -0.39 is 5.60 Å². The predicted octanol–water partition coefficient (Wildman–Crippen LogP) is 4.02. The molecule has 0 fully saturated rings. The number of anilines is 1. The van der Waals surface area contributed by atoms with E-state index in [9.17, 15) is 4.79 Å². The number of rotatable bonds is 4. The first-order valence-corrected chi connectivity index (χ1v) is 8.06. The van der Waals surface area contributed by atoms with Crippen molar-refractivity contribution < 1.29 is 9.53 Å². The van der Waals surface area contributed by atoms with Crippen molar-refractivity contribution in [2.75, 3.05) is 5.32 Å². The van der Waals surface area contributed by atoms with E-state index >= 15 is 0 Å². The highest BCUT2D eigenvalue weighted by atomic mass is 35.5. The van der Waals surface area contributed by atoms with E-state index in [0.29, 0.717) is 10.8 Å². The molecule has 1 aliphatic carbocycles. The molecule has 0 bridgehead atoms. The number of halogens is 1. The number of ether oxygens (including phenoxy) is 1. The zero-order valence-corrected chi connectivity index (χ0v) is 14.0. The molecule has 2 aromatic rings. The van der Waals surface area contributed by atoms with Gasteiger partial charge in [-0.05, 0) is 68.5 Å². The lowest BCUT2D eigenvalue weighted by atomic mass is 10.1. The molecule has 0 spiro atoms. The summed E-state index contributed by atoms with van der Waals surface area (Å²) >= 11 is 5.79. The quantitative estimate of drug-likeness (QED) is 0.921. The van der Waals surface area contributed by atoms with Crippen molar-refractivity contribution in [3.8, 4) is 5.75 Å². The van der Waals surface area contributed by atoms with Gasteiger partial charge in [0, 0.05) is 6.20 Å². The Morgan fingerprint density at radius 2 is 2.00 bits per heavy atom. The molecule has 1 N–H and O–H groups in total. The minimum atomic E-state index is -1.01. The second-order valence-electron chi connectivity index (χ2n) is 6.21. The van der Waals surface area contributed by atoms with Crippen LogP contribution in [0.5, 0.6) is 5.75 Å². The van der Waals surface area contributed by atoms with Crippen molar-refractivity contribution in [2.24, 2.45) is 0 Å². The van der Waals surface area contributed by atoms with Crippen LogP contribution in [0.2, 0.25) is 5.02 Å². The third-order valence-corrected chi connectivity index (χ3v) is 4.18. The summed E-state index contributed by atoms with van der Waals surface area (Å²) in [5, 5.41) is 3.27. The number of pyridine rings is 1. The standard InChI is InChI=1S/C18H19ClN2O2/c1-18(2,17(22)21-16-9-7-14(19)11-20-16)23-15-8-6-12-4-3-5-13(12)10-15/h6-11H,3-5H2,1-2H3,(H,20,21,22). The fraction of sp³-hybridized carbons (Fsp3) is 0.333. The van der Waals surface area contributed by atoms with E-state index in [-0.39, 0.29) is 5.91 Å². The maximum atomic E-state index is 12.4. The zero-order chi connectivity index (χ0) is 16.4. The molecule has 5 heteroatoms. The lowest BCUT2D eigenvalue weighted by molar-refractivity contribution is -0.128. The first kappa shape index (κ1) is 15.8. The summed E-state index contributed by atoms with van der Waals surface area (Å²) in [5.74, 6) is 0.910. The van der Waals surface area contributed by atoms with Gasteiger partial charge in [0.15, 0.2) is 5.60 Å². The van der Waals surface area contributed by atoms with Crippen molar-refractivity contribution in [1.82, 2.24) is 4.98 Å². The average Bonchev–Trinajstić information content (AvgIpc) is 2.96. The van der Waals surface area contributed by atoms with E-state index in [1.165, 1.54) is 23.7 Å². The van der Waals surface area contributed by atoms with Gasteiger partial charge in [0.2, 0.25) is 0 Å². The molecule has 0 radical (unpaired) electrons. The van der Waals surface area contributed by atoms with Crippen LogP contribution in [0.15, 0.2) is 36.5 Å². The van der Waals surface area contributed by atoms with E-state index in [0.717, 1.165) is 18.6 Å². The third kappa shape index (κ3) is 3.64. The van der Waals surface area contributed by atoms with Gasteiger partial charge in [0.1, 0.15) is 11.6 Å². The number of hydrogen-bond acceptors (Lipinski definition) is 3. The summed E-state index contributed by atoms with van der Waals surface area (Å²) in [5.41, 5.74) is 1.69. The van der Waals surface area contributed by atoms with Gasteiger partial charge >= 0.3 is 0 Å². The number of aromatic nitrogens is 1. The average molecular weight is 331 g/mol. The summed E-state index contributed by atoms with van der Waals surface area (Å²) in [6.45, 7) is 3.48. The van der Waals surface area contributed by atoms with E-state index in [2.05, 4.69) is 16.4 Å². The molecule has 1 aromatic heterocycles. The van der Waals surface area contributed by atoms with Crippen molar-refractivity contribution >= 4 is 23.3 Å². The van der Waals surface area contributed by atoms with Crippen LogP contribution in [0.3, 0.4) is 0 Å². The molecule has 0 aliphatic heterocycles. The molecule has 4 nitrogen and oxygen atoms in total. The van der Waals surface area contributed by atoms with Crippen LogP contribution in [0.25, 0.3) is 0 Å². The Morgan fingerprint density at radius 3 is 2.74 bits per heavy atom. The lowest BCUT2D eigenvalue weighted by Gasteiger charge is -2.25. The molecule has 0 unspecified atom stereocenters. The molecule has 0 saturated carbocycles. The second-order valence-corrected chi connectivity index (χ2v) is 6.65. The van der Waals surface area contributed by atoms with Gasteiger partial charge in [-0.25, -0.2) is 4.98 Å². The Labute approximate surface area is 140 Å². The predicted molar refractivity (Wildman–Crippen MR) is 91.1 cm³/mol. The number of carbonyl (C=O) groups is 1. The molecular formula is C18H19ClN2O2. The van der Waals surface area contributed by atoms with Crippen LogP contribution < -0.4 is 10.1 Å². The number of nitrogens with one attached hydrogen (secondary N) is 1.